The van der Waals surface area contributed by atoms with Crippen LogP contribution in [0.15, 0.2) is 36.5 Å². The maximum Gasteiger partial charge on any atom is 0.305 e. The Kier molecular flexibility index (Phi) is 67.9. The van der Waals surface area contributed by atoms with E-state index in [1.54, 1.807) is 6.08 Å². The van der Waals surface area contributed by atoms with Crippen molar-refractivity contribution in [1.82, 2.24) is 5.32 Å². The van der Waals surface area contributed by atoms with Gasteiger partial charge >= 0.3 is 5.97 Å². The molecule has 0 spiro atoms. The molecular weight excluding hydrogens is 983 g/mol. The Labute approximate surface area is 500 Å². The van der Waals surface area contributed by atoms with Gasteiger partial charge in [-0.05, 0) is 64.2 Å². The van der Waals surface area contributed by atoms with E-state index in [0.29, 0.717) is 19.4 Å². The molecule has 6 heteroatoms. The lowest BCUT2D eigenvalue weighted by molar-refractivity contribution is -0.143. The minimum atomic E-state index is -0.840. The van der Waals surface area contributed by atoms with Crippen LogP contribution in [0.2, 0.25) is 0 Å². The summed E-state index contributed by atoms with van der Waals surface area (Å²) < 4.78 is 5.50. The normalized spacial score (nSPS) is 12.7. The average molecular weight is 1120 g/mol. The molecule has 0 aliphatic rings. The van der Waals surface area contributed by atoms with Gasteiger partial charge in [0.15, 0.2) is 0 Å². The fourth-order valence-electron chi connectivity index (χ4n) is 11.4. The quantitative estimate of drug-likeness (QED) is 0.0320. The number of aliphatic hydroxyl groups excluding tert-OH is 2. The zero-order valence-electron chi connectivity index (χ0n) is 54.1. The molecule has 0 fully saturated rings. The van der Waals surface area contributed by atoms with E-state index in [1.807, 2.05) is 6.08 Å². The third-order valence-corrected chi connectivity index (χ3v) is 16.9. The predicted octanol–water partition coefficient (Wildman–Crippen LogP) is 23.5. The molecule has 0 aliphatic carbocycles. The van der Waals surface area contributed by atoms with E-state index in [9.17, 15) is 19.8 Å². The van der Waals surface area contributed by atoms with Crippen LogP contribution in [0.1, 0.15) is 399 Å². The van der Waals surface area contributed by atoms with Crippen molar-refractivity contribution in [1.29, 1.82) is 0 Å². The molecule has 80 heavy (non-hydrogen) atoms. The molecule has 6 nitrogen and oxygen atoms in total. The third-order valence-electron chi connectivity index (χ3n) is 16.9. The van der Waals surface area contributed by atoms with E-state index in [4.69, 9.17) is 4.74 Å². The van der Waals surface area contributed by atoms with E-state index in [-0.39, 0.29) is 18.5 Å². The number of aliphatic hydroxyl groups is 2. The molecule has 0 aromatic carbocycles. The van der Waals surface area contributed by atoms with Crippen LogP contribution in [0.25, 0.3) is 0 Å². The maximum absolute atomic E-state index is 12.4. The lowest BCUT2D eigenvalue weighted by atomic mass is 10.0. The zero-order chi connectivity index (χ0) is 57.8. The van der Waals surface area contributed by atoms with Crippen LogP contribution >= 0.6 is 0 Å². The number of hydrogen-bond donors (Lipinski definition) is 3. The van der Waals surface area contributed by atoms with Gasteiger partial charge in [0.1, 0.15) is 0 Å². The first kappa shape index (κ1) is 78.1. The molecule has 2 atom stereocenters. The number of allylic oxidation sites excluding steroid dienone is 5. The van der Waals surface area contributed by atoms with Gasteiger partial charge in [-0.1, -0.05) is 359 Å². The topological polar surface area (TPSA) is 95.9 Å². The first-order chi connectivity index (χ1) is 39.5. The molecule has 0 aromatic heterocycles. The standard InChI is InChI=1S/C74H141NO5/c1-3-5-7-9-11-13-15-16-45-48-52-56-60-64-68-74(79)80-69-65-61-57-53-49-46-43-41-39-37-35-33-31-29-27-25-23-21-19-17-18-20-22-24-26-28-30-32-34-36-38-40-42-44-47-51-55-59-63-67-73(78)75-71(70-76)72(77)66-62-58-54-50-14-12-10-8-6-4-2/h17-18,21,23,62,66,71-72,76-77H,3-16,19-20,22,24-61,63-65,67-70H2,1-2H3,(H,75,78)/b18-17-,23-21-,66-62+. The summed E-state index contributed by atoms with van der Waals surface area (Å²) in [7, 11) is 0. The van der Waals surface area contributed by atoms with Gasteiger partial charge in [-0.2, -0.15) is 0 Å². The summed E-state index contributed by atoms with van der Waals surface area (Å²) in [5.74, 6) is -0.0427. The summed E-state index contributed by atoms with van der Waals surface area (Å²) in [5.41, 5.74) is 0. The molecule has 3 N–H and O–H groups in total. The van der Waals surface area contributed by atoms with Crippen LogP contribution in [-0.4, -0.2) is 47.4 Å². The molecule has 1 amide bonds. The zero-order valence-corrected chi connectivity index (χ0v) is 54.1. The fourth-order valence-corrected chi connectivity index (χ4v) is 11.4. The number of amides is 1. The monoisotopic (exact) mass is 1120 g/mol. The van der Waals surface area contributed by atoms with Crippen molar-refractivity contribution in [2.45, 2.75) is 411 Å². The van der Waals surface area contributed by atoms with Gasteiger partial charge in [-0.15, -0.1) is 0 Å². The highest BCUT2D eigenvalue weighted by Crippen LogP contribution is 2.19. The number of ether oxygens (including phenoxy) is 1. The van der Waals surface area contributed by atoms with Crippen molar-refractivity contribution < 1.29 is 24.5 Å². The summed E-state index contributed by atoms with van der Waals surface area (Å²) in [6.07, 6.45) is 89.7. The van der Waals surface area contributed by atoms with E-state index < -0.39 is 12.1 Å². The molecule has 0 saturated heterocycles. The van der Waals surface area contributed by atoms with Crippen LogP contribution in [0, 0.1) is 0 Å². The second-order valence-corrected chi connectivity index (χ2v) is 24.9. The Bertz CT molecular complexity index is 1300. The first-order valence-corrected chi connectivity index (χ1v) is 36.3. The number of esters is 1. The Morgan fingerprint density at radius 1 is 0.350 bits per heavy atom. The predicted molar refractivity (Wildman–Crippen MR) is 352 cm³/mol. The van der Waals surface area contributed by atoms with E-state index in [2.05, 4.69) is 43.5 Å². The van der Waals surface area contributed by atoms with Crippen molar-refractivity contribution in [3.63, 3.8) is 0 Å². The Morgan fingerprint density at radius 2 is 0.625 bits per heavy atom. The van der Waals surface area contributed by atoms with Crippen LogP contribution < -0.4 is 5.32 Å². The SMILES string of the molecule is CCCCCCCCCC/C=C/C(O)C(CO)NC(=O)CCCCCCCCCCCCCCCCCCC/C=C\C/C=C\CCCCCCCCCCCCCCCCCOC(=O)CCCCCCCCCCCCCCCC. The van der Waals surface area contributed by atoms with Crippen molar-refractivity contribution in [2.24, 2.45) is 0 Å². The summed E-state index contributed by atoms with van der Waals surface area (Å²) in [4.78, 5) is 24.5. The number of carbonyl (C=O) groups is 2. The van der Waals surface area contributed by atoms with E-state index in [1.165, 1.54) is 327 Å². The smallest absolute Gasteiger partial charge is 0.305 e. The second kappa shape index (κ2) is 69.6. The molecule has 0 aliphatic heterocycles. The number of nitrogens with one attached hydrogen (secondary N) is 1. The molecule has 0 radical (unpaired) electrons. The van der Waals surface area contributed by atoms with E-state index >= 15 is 0 Å². The number of unbranched alkanes of at least 4 members (excludes halogenated alkanes) is 53. The summed E-state index contributed by atoms with van der Waals surface area (Å²) in [5, 5.41) is 23.0. The van der Waals surface area contributed by atoms with Gasteiger partial charge in [0.2, 0.25) is 5.91 Å². The Balaban J connectivity index is 3.33. The highest BCUT2D eigenvalue weighted by molar-refractivity contribution is 5.76. The number of carbonyl (C=O) groups excluding carboxylic acids is 2. The summed E-state index contributed by atoms with van der Waals surface area (Å²) in [6, 6.07) is -0.624. The van der Waals surface area contributed by atoms with E-state index in [0.717, 1.165) is 44.9 Å². The van der Waals surface area contributed by atoms with Gasteiger partial charge in [-0.25, -0.2) is 0 Å². The minimum Gasteiger partial charge on any atom is -0.466 e. The van der Waals surface area contributed by atoms with Gasteiger partial charge in [0.25, 0.3) is 0 Å². The molecule has 472 valence electrons. The van der Waals surface area contributed by atoms with Crippen LogP contribution in [0.5, 0.6) is 0 Å². The second-order valence-electron chi connectivity index (χ2n) is 24.9. The first-order valence-electron chi connectivity index (χ1n) is 36.3. The number of rotatable bonds is 68. The maximum atomic E-state index is 12.4. The Morgan fingerprint density at radius 3 is 0.950 bits per heavy atom. The van der Waals surface area contributed by atoms with Crippen molar-refractivity contribution in [3.8, 4) is 0 Å². The summed E-state index contributed by atoms with van der Waals surface area (Å²) >= 11 is 0. The minimum absolute atomic E-state index is 0.0227. The summed E-state index contributed by atoms with van der Waals surface area (Å²) in [6.45, 7) is 4.91. The van der Waals surface area contributed by atoms with Crippen molar-refractivity contribution in [2.75, 3.05) is 13.2 Å². The van der Waals surface area contributed by atoms with Crippen LogP contribution in [-0.2, 0) is 14.3 Å². The molecule has 2 unspecified atom stereocenters. The third kappa shape index (κ3) is 65.2. The molecule has 0 heterocycles. The van der Waals surface area contributed by atoms with Crippen LogP contribution in [0.3, 0.4) is 0 Å². The lowest BCUT2D eigenvalue weighted by Gasteiger charge is -2.20. The van der Waals surface area contributed by atoms with Crippen molar-refractivity contribution >= 4 is 11.9 Å². The molecular formula is C74H141NO5. The number of hydrogen-bond acceptors (Lipinski definition) is 5. The van der Waals surface area contributed by atoms with Gasteiger partial charge in [0.05, 0.1) is 25.4 Å². The largest absolute Gasteiger partial charge is 0.466 e. The van der Waals surface area contributed by atoms with Crippen LogP contribution in [0.4, 0.5) is 0 Å². The van der Waals surface area contributed by atoms with Crippen molar-refractivity contribution in [3.05, 3.63) is 36.5 Å². The molecule has 0 bridgehead atoms. The van der Waals surface area contributed by atoms with Gasteiger partial charge in [0, 0.05) is 12.8 Å². The molecule has 0 saturated carbocycles. The van der Waals surface area contributed by atoms with Gasteiger partial charge in [-0.3, -0.25) is 9.59 Å². The Hall–Kier alpha value is -1.92. The lowest BCUT2D eigenvalue weighted by Crippen LogP contribution is -2.45. The highest BCUT2D eigenvalue weighted by Gasteiger charge is 2.18. The molecule has 0 rings (SSSR count). The fraction of sp³-hybridized carbons (Fsp3) is 0.892. The average Bonchev–Trinajstić information content (AvgIpc) is 3.46. The highest BCUT2D eigenvalue weighted by atomic mass is 16.5. The molecule has 0 aromatic rings. The van der Waals surface area contributed by atoms with Gasteiger partial charge < -0.3 is 20.3 Å².